The van der Waals surface area contributed by atoms with E-state index in [2.05, 4.69) is 5.32 Å². The van der Waals surface area contributed by atoms with Crippen molar-refractivity contribution in [3.05, 3.63) is 88.4 Å². The highest BCUT2D eigenvalue weighted by Gasteiger charge is 2.35. The van der Waals surface area contributed by atoms with E-state index < -0.39 is 34.4 Å². The third-order valence-electron chi connectivity index (χ3n) is 6.07. The Kier molecular flexibility index (Phi) is 10.6. The Labute approximate surface area is 239 Å². The molecule has 0 saturated carbocycles. The number of ether oxygens (including phenoxy) is 1. The lowest BCUT2D eigenvalue weighted by molar-refractivity contribution is -0.140. The van der Waals surface area contributed by atoms with Gasteiger partial charge in [0.2, 0.25) is 11.8 Å². The fourth-order valence-electron chi connectivity index (χ4n) is 4.11. The number of carbonyl (C=O) groups excluding carboxylic acids is 2. The number of likely N-dealkylation sites (N-methyl/N-ethyl adjacent to an activating group) is 1. The average Bonchev–Trinajstić information content (AvgIpc) is 2.93. The van der Waals surface area contributed by atoms with E-state index in [4.69, 9.17) is 27.9 Å². The van der Waals surface area contributed by atoms with E-state index in [-0.39, 0.29) is 30.2 Å². The number of halogens is 2. The van der Waals surface area contributed by atoms with Crippen molar-refractivity contribution in [1.29, 1.82) is 0 Å². The Balaban J connectivity index is 2.14. The van der Waals surface area contributed by atoms with Crippen molar-refractivity contribution in [3.8, 4) is 5.75 Å². The Morgan fingerprint density at radius 3 is 2.13 bits per heavy atom. The number of rotatable bonds is 12. The van der Waals surface area contributed by atoms with Gasteiger partial charge in [-0.15, -0.1) is 0 Å². The molecule has 0 fully saturated rings. The third kappa shape index (κ3) is 7.03. The molecule has 3 aromatic carbocycles. The Bertz CT molecular complexity index is 1380. The lowest BCUT2D eigenvalue weighted by Crippen LogP contribution is -2.51. The predicted molar refractivity (Wildman–Crippen MR) is 154 cm³/mol. The number of benzene rings is 3. The van der Waals surface area contributed by atoms with Crippen molar-refractivity contribution in [2.75, 3.05) is 24.5 Å². The molecule has 208 valence electrons. The number of nitrogens with one attached hydrogen (secondary N) is 1. The SMILES string of the molecule is CCOc1ccccc1N(CC(=O)N(Cc1c(Cl)cccc1Cl)[C@@H](CC)C(=O)NC)S(=O)(=O)c1ccccc1. The van der Waals surface area contributed by atoms with E-state index in [9.17, 15) is 18.0 Å². The van der Waals surface area contributed by atoms with Crippen LogP contribution in [0.25, 0.3) is 0 Å². The normalized spacial score (nSPS) is 11.9. The van der Waals surface area contributed by atoms with Gasteiger partial charge in [0.25, 0.3) is 10.0 Å². The zero-order chi connectivity index (χ0) is 28.6. The van der Waals surface area contributed by atoms with Crippen LogP contribution in [0.1, 0.15) is 25.8 Å². The molecule has 1 N–H and O–H groups in total. The molecule has 0 aliphatic carbocycles. The largest absolute Gasteiger partial charge is 0.492 e. The Morgan fingerprint density at radius 2 is 1.54 bits per heavy atom. The van der Waals surface area contributed by atoms with Crippen LogP contribution < -0.4 is 14.4 Å². The van der Waals surface area contributed by atoms with Gasteiger partial charge in [-0.1, -0.05) is 66.5 Å². The fourth-order valence-corrected chi connectivity index (χ4v) is 6.08. The van der Waals surface area contributed by atoms with Crippen LogP contribution >= 0.6 is 23.2 Å². The first-order valence-corrected chi connectivity index (χ1v) is 14.6. The molecule has 8 nitrogen and oxygen atoms in total. The lowest BCUT2D eigenvalue weighted by Gasteiger charge is -2.33. The molecule has 0 aromatic heterocycles. The first-order valence-electron chi connectivity index (χ1n) is 12.4. The second kappa shape index (κ2) is 13.7. The van der Waals surface area contributed by atoms with Crippen molar-refractivity contribution in [3.63, 3.8) is 0 Å². The summed E-state index contributed by atoms with van der Waals surface area (Å²) in [6.07, 6.45) is 0.272. The van der Waals surface area contributed by atoms with Gasteiger partial charge in [-0.05, 0) is 49.7 Å². The number of carbonyl (C=O) groups is 2. The summed E-state index contributed by atoms with van der Waals surface area (Å²) in [4.78, 5) is 28.2. The second-order valence-electron chi connectivity index (χ2n) is 8.49. The topological polar surface area (TPSA) is 96.0 Å². The monoisotopic (exact) mass is 591 g/mol. The van der Waals surface area contributed by atoms with Crippen LogP contribution in [0.2, 0.25) is 10.0 Å². The molecule has 0 heterocycles. The zero-order valence-electron chi connectivity index (χ0n) is 21.9. The molecule has 0 aliphatic heterocycles. The maximum atomic E-state index is 14.0. The number of para-hydroxylation sites is 2. The molecular weight excluding hydrogens is 561 g/mol. The van der Waals surface area contributed by atoms with Crippen molar-refractivity contribution in [1.82, 2.24) is 10.2 Å². The number of sulfonamides is 1. The van der Waals surface area contributed by atoms with E-state index in [1.54, 1.807) is 74.5 Å². The van der Waals surface area contributed by atoms with Crippen molar-refractivity contribution >= 4 is 50.7 Å². The summed E-state index contributed by atoms with van der Waals surface area (Å²) in [7, 11) is -2.74. The van der Waals surface area contributed by atoms with Crippen LogP contribution in [0, 0.1) is 0 Å². The molecule has 0 saturated heterocycles. The number of amides is 2. The van der Waals surface area contributed by atoms with E-state index in [0.29, 0.717) is 21.4 Å². The highest BCUT2D eigenvalue weighted by molar-refractivity contribution is 7.92. The standard InChI is InChI=1S/C28H31Cl2N3O5S/c1-4-24(28(35)31-3)32(18-21-22(29)14-11-15-23(21)30)27(34)19-33(25-16-9-10-17-26(25)38-5-2)39(36,37)20-12-7-6-8-13-20/h6-17,24H,4-5,18-19H2,1-3H3,(H,31,35)/t24-/m0/s1. The minimum absolute atomic E-state index is 0.00291. The number of anilines is 1. The molecule has 11 heteroatoms. The number of nitrogens with zero attached hydrogens (tertiary/aromatic N) is 2. The van der Waals surface area contributed by atoms with Crippen LogP contribution in [0.3, 0.4) is 0 Å². The Hall–Kier alpha value is -3.27. The van der Waals surface area contributed by atoms with Crippen LogP contribution in [-0.4, -0.2) is 51.4 Å². The molecule has 0 aliphatic rings. The van der Waals surface area contributed by atoms with E-state index >= 15 is 0 Å². The molecule has 0 spiro atoms. The number of hydrogen-bond donors (Lipinski definition) is 1. The van der Waals surface area contributed by atoms with Gasteiger partial charge in [0.05, 0.1) is 17.2 Å². The highest BCUT2D eigenvalue weighted by Crippen LogP contribution is 2.33. The van der Waals surface area contributed by atoms with E-state index in [0.717, 1.165) is 4.31 Å². The lowest BCUT2D eigenvalue weighted by atomic mass is 10.1. The van der Waals surface area contributed by atoms with Crippen LogP contribution in [0.4, 0.5) is 5.69 Å². The maximum absolute atomic E-state index is 14.0. The van der Waals surface area contributed by atoms with Crippen LogP contribution in [0.15, 0.2) is 77.7 Å². The molecule has 0 bridgehead atoms. The van der Waals surface area contributed by atoms with Gasteiger partial charge >= 0.3 is 0 Å². The van der Waals surface area contributed by atoms with Gasteiger partial charge in [0.1, 0.15) is 18.3 Å². The van der Waals surface area contributed by atoms with Crippen LogP contribution in [-0.2, 0) is 26.2 Å². The van der Waals surface area contributed by atoms with Gasteiger partial charge in [-0.2, -0.15) is 0 Å². The van der Waals surface area contributed by atoms with E-state index in [1.165, 1.54) is 24.1 Å². The molecule has 0 unspecified atom stereocenters. The van der Waals surface area contributed by atoms with Crippen LogP contribution in [0.5, 0.6) is 5.75 Å². The summed E-state index contributed by atoms with van der Waals surface area (Å²) in [6.45, 7) is 3.13. The van der Waals surface area contributed by atoms with Crippen molar-refractivity contribution in [2.45, 2.75) is 37.8 Å². The van der Waals surface area contributed by atoms with Gasteiger partial charge in [0, 0.05) is 29.2 Å². The smallest absolute Gasteiger partial charge is 0.264 e. The minimum Gasteiger partial charge on any atom is -0.492 e. The highest BCUT2D eigenvalue weighted by atomic mass is 35.5. The summed E-state index contributed by atoms with van der Waals surface area (Å²) in [5, 5.41) is 3.23. The molecule has 3 aromatic rings. The predicted octanol–water partition coefficient (Wildman–Crippen LogP) is 5.14. The second-order valence-corrected chi connectivity index (χ2v) is 11.2. The zero-order valence-corrected chi connectivity index (χ0v) is 24.3. The first-order chi connectivity index (χ1) is 18.6. The number of hydrogen-bond acceptors (Lipinski definition) is 5. The van der Waals surface area contributed by atoms with Gasteiger partial charge in [-0.3, -0.25) is 13.9 Å². The summed E-state index contributed by atoms with van der Waals surface area (Å²) in [5.41, 5.74) is 0.643. The van der Waals surface area contributed by atoms with Crippen molar-refractivity contribution in [2.24, 2.45) is 0 Å². The minimum atomic E-state index is -4.22. The summed E-state index contributed by atoms with van der Waals surface area (Å²) >= 11 is 12.8. The first kappa shape index (κ1) is 30.3. The quantitative estimate of drug-likeness (QED) is 0.314. The maximum Gasteiger partial charge on any atom is 0.264 e. The third-order valence-corrected chi connectivity index (χ3v) is 8.55. The molecule has 2 amide bonds. The summed E-state index contributed by atoms with van der Waals surface area (Å²) in [6, 6.07) is 18.4. The molecular formula is C28H31Cl2N3O5S. The fraction of sp³-hybridized carbons (Fsp3) is 0.286. The Morgan fingerprint density at radius 1 is 0.923 bits per heavy atom. The average molecular weight is 593 g/mol. The van der Waals surface area contributed by atoms with E-state index in [1.807, 2.05) is 0 Å². The summed E-state index contributed by atoms with van der Waals surface area (Å²) in [5.74, 6) is -0.722. The van der Waals surface area contributed by atoms with Gasteiger partial charge < -0.3 is 15.0 Å². The molecule has 3 rings (SSSR count). The molecule has 1 atom stereocenters. The van der Waals surface area contributed by atoms with Gasteiger partial charge in [-0.25, -0.2) is 8.42 Å². The van der Waals surface area contributed by atoms with Crippen molar-refractivity contribution < 1.29 is 22.7 Å². The molecule has 39 heavy (non-hydrogen) atoms. The molecule has 0 radical (unpaired) electrons. The summed E-state index contributed by atoms with van der Waals surface area (Å²) < 4.78 is 34.6. The van der Waals surface area contributed by atoms with Gasteiger partial charge in [0.15, 0.2) is 0 Å².